The first-order valence-corrected chi connectivity index (χ1v) is 18.4. The number of ether oxygens (including phenoxy) is 4. The molecule has 0 unspecified atom stereocenters. The molecule has 0 N–H and O–H groups in total. The summed E-state index contributed by atoms with van der Waals surface area (Å²) in [7, 11) is 0. The van der Waals surface area contributed by atoms with Crippen molar-refractivity contribution in [1.29, 1.82) is 0 Å². The highest BCUT2D eigenvalue weighted by atomic mass is 16.5. The lowest BCUT2D eigenvalue weighted by Crippen LogP contribution is -2.15. The van der Waals surface area contributed by atoms with E-state index in [1.54, 1.807) is 31.2 Å². The van der Waals surface area contributed by atoms with Gasteiger partial charge >= 0.3 is 11.9 Å². The number of aryl methyl sites for hydroxylation is 2. The zero-order valence-electron chi connectivity index (χ0n) is 32.6. The maximum Gasteiger partial charge on any atom is 0.347 e. The normalized spacial score (nSPS) is 8.56. The van der Waals surface area contributed by atoms with E-state index in [0.717, 1.165) is 36.8 Å². The third kappa shape index (κ3) is 18.2. The second kappa shape index (κ2) is 26.9. The molecule has 0 bridgehead atoms. The predicted octanol–water partition coefficient (Wildman–Crippen LogP) is 8.65. The highest BCUT2D eigenvalue weighted by Crippen LogP contribution is 2.32. The van der Waals surface area contributed by atoms with E-state index in [9.17, 15) is 9.59 Å². The molecule has 6 heteroatoms. The van der Waals surface area contributed by atoms with E-state index in [1.165, 1.54) is 37.8 Å². The lowest BCUT2D eigenvalue weighted by molar-refractivity contribution is 0.0714. The van der Waals surface area contributed by atoms with Crippen LogP contribution in [0, 0.1) is 121 Å². The summed E-state index contributed by atoms with van der Waals surface area (Å²) in [6, 6.07) is 16.8. The largest absolute Gasteiger partial charge is 0.493 e. The topological polar surface area (TPSA) is 71.1 Å². The fourth-order valence-corrected chi connectivity index (χ4v) is 4.64. The van der Waals surface area contributed by atoms with Crippen LogP contribution in [0.15, 0.2) is 60.7 Å². The zero-order valence-corrected chi connectivity index (χ0v) is 32.6. The van der Waals surface area contributed by atoms with Gasteiger partial charge in [-0.3, -0.25) is 0 Å². The molecule has 57 heavy (non-hydrogen) atoms. The van der Waals surface area contributed by atoms with Gasteiger partial charge in [-0.25, -0.2) is 9.59 Å². The lowest BCUT2D eigenvalue weighted by Gasteiger charge is -2.15. The molecule has 0 aliphatic rings. The van der Waals surface area contributed by atoms with Gasteiger partial charge in [-0.1, -0.05) is 93.2 Å². The number of rotatable bonds is 15. The van der Waals surface area contributed by atoms with Crippen LogP contribution in [0.1, 0.15) is 97.1 Å². The Bertz CT molecular complexity index is 2450. The maximum atomic E-state index is 13.6. The average molecular weight is 749 g/mol. The second-order valence-electron chi connectivity index (χ2n) is 12.0. The SMILES string of the molecule is CC#CC#CC#CC#CC#CC#CC#CC#CC#COc1cc(C(=O)Oc2ccc(C)cc2)c(OCCCCCCCCCC)cc1C(=O)Oc1ccc(C)cc1. The van der Waals surface area contributed by atoms with Crippen molar-refractivity contribution in [2.24, 2.45) is 0 Å². The van der Waals surface area contributed by atoms with Gasteiger partial charge in [0.2, 0.25) is 0 Å². The maximum absolute atomic E-state index is 13.6. The molecular weight excluding hydrogens is 709 g/mol. The minimum atomic E-state index is -0.740. The van der Waals surface area contributed by atoms with Crippen LogP contribution in [-0.2, 0) is 0 Å². The summed E-state index contributed by atoms with van der Waals surface area (Å²) < 4.78 is 23.2. The number of benzene rings is 3. The predicted molar refractivity (Wildman–Crippen MR) is 223 cm³/mol. The van der Waals surface area contributed by atoms with E-state index in [1.807, 2.05) is 38.1 Å². The van der Waals surface area contributed by atoms with E-state index in [2.05, 4.69) is 114 Å². The van der Waals surface area contributed by atoms with Gasteiger partial charge in [-0.2, -0.15) is 0 Å². The molecule has 0 amide bonds. The van der Waals surface area contributed by atoms with Gasteiger partial charge < -0.3 is 18.9 Å². The Balaban J connectivity index is 1.84. The Morgan fingerprint density at radius 3 is 1.33 bits per heavy atom. The van der Waals surface area contributed by atoms with Crippen LogP contribution in [0.5, 0.6) is 23.0 Å². The van der Waals surface area contributed by atoms with Gasteiger partial charge in [0.1, 0.15) is 34.5 Å². The van der Waals surface area contributed by atoms with Crippen LogP contribution in [-0.4, -0.2) is 18.5 Å². The summed E-state index contributed by atoms with van der Waals surface area (Å²) in [6.45, 7) is 8.08. The van der Waals surface area contributed by atoms with E-state index in [-0.39, 0.29) is 22.6 Å². The first-order chi connectivity index (χ1) is 27.9. The number of esters is 2. The summed E-state index contributed by atoms with van der Waals surface area (Å²) in [5.41, 5.74) is 2.04. The minimum Gasteiger partial charge on any atom is -0.493 e. The van der Waals surface area contributed by atoms with E-state index in [4.69, 9.17) is 18.9 Å². The molecule has 6 nitrogen and oxygen atoms in total. The molecule has 3 aromatic carbocycles. The average Bonchev–Trinajstić information content (AvgIpc) is 3.21. The van der Waals surface area contributed by atoms with Crippen molar-refractivity contribution in [3.63, 3.8) is 0 Å². The number of unbranched alkanes of at least 4 members (excludes halogenated alkanes) is 7. The molecule has 0 radical (unpaired) electrons. The molecule has 0 fully saturated rings. The quantitative estimate of drug-likeness (QED) is 0.0671. The molecule has 0 atom stereocenters. The van der Waals surface area contributed by atoms with Gasteiger partial charge in [0.25, 0.3) is 0 Å². The first-order valence-electron chi connectivity index (χ1n) is 18.4. The van der Waals surface area contributed by atoms with Gasteiger partial charge in [0, 0.05) is 53.4 Å². The Kier molecular flexibility index (Phi) is 20.6. The molecule has 280 valence electrons. The highest BCUT2D eigenvalue weighted by Gasteiger charge is 2.24. The third-order valence-electron chi connectivity index (χ3n) is 7.51. The van der Waals surface area contributed by atoms with Gasteiger partial charge in [0.05, 0.1) is 6.61 Å². The monoisotopic (exact) mass is 748 g/mol. The van der Waals surface area contributed by atoms with Crippen molar-refractivity contribution in [1.82, 2.24) is 0 Å². The van der Waals surface area contributed by atoms with Crippen molar-refractivity contribution in [3.05, 3.63) is 82.9 Å². The third-order valence-corrected chi connectivity index (χ3v) is 7.51. The lowest BCUT2D eigenvalue weighted by atomic mass is 10.1. The summed E-state index contributed by atoms with van der Waals surface area (Å²) in [5, 5.41) is 0. The van der Waals surface area contributed by atoms with Crippen LogP contribution in [0.25, 0.3) is 0 Å². The summed E-state index contributed by atoms with van der Waals surface area (Å²) in [4.78, 5) is 27.2. The Morgan fingerprint density at radius 1 is 0.491 bits per heavy atom. The van der Waals surface area contributed by atoms with E-state index in [0.29, 0.717) is 18.1 Å². The first kappa shape index (κ1) is 43.6. The van der Waals surface area contributed by atoms with Crippen LogP contribution >= 0.6 is 0 Å². The molecule has 3 rings (SSSR count). The molecule has 0 saturated carbocycles. The summed E-state index contributed by atoms with van der Waals surface area (Å²) in [6.07, 6.45) is 11.4. The van der Waals surface area contributed by atoms with Crippen LogP contribution in [0.4, 0.5) is 0 Å². The number of hydrogen-bond acceptors (Lipinski definition) is 6. The molecule has 0 heterocycles. The van der Waals surface area contributed by atoms with Crippen LogP contribution < -0.4 is 18.9 Å². The van der Waals surface area contributed by atoms with Crippen molar-refractivity contribution in [3.8, 4) is 130 Å². The highest BCUT2D eigenvalue weighted by molar-refractivity contribution is 6.00. The van der Waals surface area contributed by atoms with Gasteiger partial charge in [0.15, 0.2) is 5.75 Å². The van der Waals surface area contributed by atoms with E-state index >= 15 is 0 Å². The van der Waals surface area contributed by atoms with Crippen molar-refractivity contribution < 1.29 is 28.5 Å². The smallest absolute Gasteiger partial charge is 0.347 e. The summed E-state index contributed by atoms with van der Waals surface area (Å²) >= 11 is 0. The van der Waals surface area contributed by atoms with Crippen molar-refractivity contribution in [2.45, 2.75) is 79.1 Å². The molecule has 3 aromatic rings. The molecule has 0 aliphatic heterocycles. The van der Waals surface area contributed by atoms with Crippen molar-refractivity contribution >= 4 is 11.9 Å². The number of hydrogen-bond donors (Lipinski definition) is 0. The van der Waals surface area contributed by atoms with Gasteiger partial charge in [-0.15, -0.1) is 0 Å². The molecule has 0 spiro atoms. The Hall–Kier alpha value is -7.76. The Morgan fingerprint density at radius 2 is 0.877 bits per heavy atom. The van der Waals surface area contributed by atoms with Crippen LogP contribution in [0.3, 0.4) is 0 Å². The number of carbonyl (C=O) groups excluding carboxylic acids is 2. The van der Waals surface area contributed by atoms with Gasteiger partial charge in [-0.05, 0) is 105 Å². The van der Waals surface area contributed by atoms with E-state index < -0.39 is 11.9 Å². The molecule has 0 aliphatic carbocycles. The molecule has 0 saturated heterocycles. The standard InChI is InChI=1S/C51H40O6/c1-5-7-9-11-13-15-16-17-18-19-20-21-22-23-25-27-29-39-55-49-41-46(50(52)56-44-34-30-42(3)31-35-44)48(54-38-28-26-24-14-12-10-8-6-2)40-47(49)51(53)57-45-36-32-43(4)33-37-45/h30-37,40-41H,6,8,10,12,14,24,26,28,38H2,1-4H3. The second-order valence-corrected chi connectivity index (χ2v) is 12.0. The number of carbonyl (C=O) groups is 2. The fraction of sp³-hybridized carbons (Fsp3) is 0.255. The van der Waals surface area contributed by atoms with Crippen molar-refractivity contribution in [2.75, 3.05) is 6.61 Å². The summed E-state index contributed by atoms with van der Waals surface area (Å²) in [5.74, 6) is 42.5. The fourth-order valence-electron chi connectivity index (χ4n) is 4.64. The molecular formula is C51H40O6. The zero-order chi connectivity index (χ0) is 40.8. The molecule has 0 aromatic heterocycles. The Labute approximate surface area is 337 Å². The van der Waals surface area contributed by atoms with Crippen LogP contribution in [0.2, 0.25) is 0 Å². The minimum absolute atomic E-state index is 0.0148.